The summed E-state index contributed by atoms with van der Waals surface area (Å²) in [6.45, 7) is 0.871. The fourth-order valence-corrected chi connectivity index (χ4v) is 3.28. The monoisotopic (exact) mass is 377 g/mol. The average Bonchev–Trinajstić information content (AvgIpc) is 3.28. The number of carbonyl (C=O) groups is 2. The number of nitrogens with one attached hydrogen (secondary N) is 1. The lowest BCUT2D eigenvalue weighted by Crippen LogP contribution is -2.52. The van der Waals surface area contributed by atoms with Gasteiger partial charge >= 0.3 is 0 Å². The number of anilines is 1. The van der Waals surface area contributed by atoms with Crippen molar-refractivity contribution in [2.45, 2.75) is 0 Å². The summed E-state index contributed by atoms with van der Waals surface area (Å²) in [5.41, 5.74) is 1.91. The Hall–Kier alpha value is -3.68. The van der Waals surface area contributed by atoms with Gasteiger partial charge in [0.25, 0.3) is 5.91 Å². The first-order chi connectivity index (χ1) is 13.7. The summed E-state index contributed by atoms with van der Waals surface area (Å²) in [6, 6.07) is 14.5. The van der Waals surface area contributed by atoms with Crippen molar-refractivity contribution in [1.82, 2.24) is 20.1 Å². The molecule has 0 bridgehead atoms. The lowest BCUT2D eigenvalue weighted by molar-refractivity contribution is -0.120. The van der Waals surface area contributed by atoms with Crippen LogP contribution in [0.15, 0.2) is 54.9 Å². The standard InChI is InChI=1S/C20H19N5O3/c1-28-15-6-4-5-14(11-15)25-10-9-24(12-18(25)26)20(27)17-8-3-2-7-16(17)19-21-13-22-23-19/h2-8,11,13H,9-10,12H2,1H3,(H,21,22,23). The molecular formula is C20H19N5O3. The van der Waals surface area contributed by atoms with Gasteiger partial charge in [0, 0.05) is 30.4 Å². The molecule has 0 unspecified atom stereocenters. The molecule has 1 saturated heterocycles. The highest BCUT2D eigenvalue weighted by Gasteiger charge is 2.30. The van der Waals surface area contributed by atoms with E-state index >= 15 is 0 Å². The van der Waals surface area contributed by atoms with Gasteiger partial charge in [-0.15, -0.1) is 0 Å². The number of hydrogen-bond acceptors (Lipinski definition) is 5. The first-order valence-electron chi connectivity index (χ1n) is 8.86. The van der Waals surface area contributed by atoms with Crippen molar-refractivity contribution in [2.24, 2.45) is 0 Å². The zero-order chi connectivity index (χ0) is 19.5. The molecule has 1 fully saturated rings. The maximum Gasteiger partial charge on any atom is 0.255 e. The Kier molecular flexibility index (Phi) is 4.76. The molecule has 2 aromatic carbocycles. The van der Waals surface area contributed by atoms with Crippen LogP contribution in [0.1, 0.15) is 10.4 Å². The molecule has 0 aliphatic carbocycles. The van der Waals surface area contributed by atoms with Crippen molar-refractivity contribution >= 4 is 17.5 Å². The van der Waals surface area contributed by atoms with Crippen molar-refractivity contribution < 1.29 is 14.3 Å². The van der Waals surface area contributed by atoms with E-state index in [0.717, 1.165) is 5.69 Å². The summed E-state index contributed by atoms with van der Waals surface area (Å²) in [5, 5.41) is 6.63. The minimum atomic E-state index is -0.203. The van der Waals surface area contributed by atoms with Gasteiger partial charge in [-0.05, 0) is 18.2 Å². The number of benzene rings is 2. The summed E-state index contributed by atoms with van der Waals surface area (Å²) in [6.07, 6.45) is 1.40. The van der Waals surface area contributed by atoms with Crippen LogP contribution in [0.5, 0.6) is 5.75 Å². The number of piperazine rings is 1. The Morgan fingerprint density at radius 1 is 1.14 bits per heavy atom. The molecule has 8 nitrogen and oxygen atoms in total. The summed E-state index contributed by atoms with van der Waals surface area (Å²) in [5.74, 6) is 0.866. The van der Waals surface area contributed by atoms with Gasteiger partial charge in [-0.2, -0.15) is 5.10 Å². The van der Waals surface area contributed by atoms with Gasteiger partial charge in [0.1, 0.15) is 18.6 Å². The highest BCUT2D eigenvalue weighted by molar-refractivity contribution is 6.04. The van der Waals surface area contributed by atoms with Crippen LogP contribution in [0.4, 0.5) is 5.69 Å². The second-order valence-electron chi connectivity index (χ2n) is 6.35. The summed E-state index contributed by atoms with van der Waals surface area (Å²) in [4.78, 5) is 33.2. The Morgan fingerprint density at radius 2 is 2.00 bits per heavy atom. The second kappa shape index (κ2) is 7.51. The van der Waals surface area contributed by atoms with Crippen molar-refractivity contribution in [3.8, 4) is 17.1 Å². The van der Waals surface area contributed by atoms with Crippen molar-refractivity contribution in [1.29, 1.82) is 0 Å². The Labute approximate surface area is 161 Å². The predicted molar refractivity (Wildman–Crippen MR) is 103 cm³/mol. The third kappa shape index (κ3) is 3.32. The summed E-state index contributed by atoms with van der Waals surface area (Å²) < 4.78 is 5.23. The SMILES string of the molecule is COc1cccc(N2CCN(C(=O)c3ccccc3-c3ncn[nH]3)CC2=O)c1. The molecule has 0 spiro atoms. The van der Waals surface area contributed by atoms with Crippen molar-refractivity contribution in [3.63, 3.8) is 0 Å². The molecule has 0 saturated carbocycles. The van der Waals surface area contributed by atoms with Crippen LogP contribution in [0.25, 0.3) is 11.4 Å². The minimum Gasteiger partial charge on any atom is -0.497 e. The number of rotatable bonds is 4. The van der Waals surface area contributed by atoms with E-state index in [1.54, 1.807) is 29.0 Å². The topological polar surface area (TPSA) is 91.4 Å². The predicted octanol–water partition coefficient (Wildman–Crippen LogP) is 1.97. The number of nitrogens with zero attached hydrogens (tertiary/aromatic N) is 4. The number of ether oxygens (including phenoxy) is 1. The van der Waals surface area contributed by atoms with Crippen LogP contribution in [0.3, 0.4) is 0 Å². The number of aromatic nitrogens is 3. The molecule has 28 heavy (non-hydrogen) atoms. The zero-order valence-corrected chi connectivity index (χ0v) is 15.3. The van der Waals surface area contributed by atoms with Gasteiger partial charge in [-0.1, -0.05) is 24.3 Å². The van der Waals surface area contributed by atoms with Crippen LogP contribution in [-0.4, -0.2) is 58.6 Å². The van der Waals surface area contributed by atoms with Gasteiger partial charge in [0.2, 0.25) is 5.91 Å². The molecule has 2 amide bonds. The fraction of sp³-hybridized carbons (Fsp3) is 0.200. The molecule has 4 rings (SSSR count). The quantitative estimate of drug-likeness (QED) is 0.751. The first kappa shape index (κ1) is 17.7. The first-order valence-corrected chi connectivity index (χ1v) is 8.86. The molecule has 1 aliphatic heterocycles. The zero-order valence-electron chi connectivity index (χ0n) is 15.3. The molecule has 1 aliphatic rings. The van der Waals surface area contributed by atoms with E-state index in [9.17, 15) is 9.59 Å². The average molecular weight is 377 g/mol. The third-order valence-electron chi connectivity index (χ3n) is 4.70. The molecule has 1 aromatic heterocycles. The number of amides is 2. The normalized spacial score (nSPS) is 14.2. The van der Waals surface area contributed by atoms with E-state index in [1.807, 2.05) is 36.4 Å². The molecular weight excluding hydrogens is 358 g/mol. The van der Waals surface area contributed by atoms with Crippen molar-refractivity contribution in [2.75, 3.05) is 31.6 Å². The Morgan fingerprint density at radius 3 is 2.75 bits per heavy atom. The van der Waals surface area contributed by atoms with Gasteiger partial charge in [-0.3, -0.25) is 14.7 Å². The van der Waals surface area contributed by atoms with Gasteiger partial charge < -0.3 is 14.5 Å². The molecule has 0 radical (unpaired) electrons. The van der Waals surface area contributed by atoms with Crippen LogP contribution in [0, 0.1) is 0 Å². The lowest BCUT2D eigenvalue weighted by atomic mass is 10.1. The molecule has 2 heterocycles. The molecule has 3 aromatic rings. The van der Waals surface area contributed by atoms with E-state index < -0.39 is 0 Å². The maximum absolute atomic E-state index is 13.1. The highest BCUT2D eigenvalue weighted by atomic mass is 16.5. The largest absolute Gasteiger partial charge is 0.497 e. The van der Waals surface area contributed by atoms with E-state index in [0.29, 0.717) is 35.8 Å². The van der Waals surface area contributed by atoms with E-state index in [1.165, 1.54) is 6.33 Å². The number of hydrogen-bond donors (Lipinski definition) is 1. The summed E-state index contributed by atoms with van der Waals surface area (Å²) >= 11 is 0. The second-order valence-corrected chi connectivity index (χ2v) is 6.35. The number of carbonyl (C=O) groups excluding carboxylic acids is 2. The molecule has 0 atom stereocenters. The molecule has 8 heteroatoms. The van der Waals surface area contributed by atoms with Gasteiger partial charge in [-0.25, -0.2) is 4.98 Å². The number of H-pyrrole nitrogens is 1. The van der Waals surface area contributed by atoms with Crippen LogP contribution < -0.4 is 9.64 Å². The van der Waals surface area contributed by atoms with E-state index in [2.05, 4.69) is 15.2 Å². The smallest absolute Gasteiger partial charge is 0.255 e. The fourth-order valence-electron chi connectivity index (χ4n) is 3.28. The summed E-state index contributed by atoms with van der Waals surface area (Å²) in [7, 11) is 1.59. The molecule has 1 N–H and O–H groups in total. The Balaban J connectivity index is 1.54. The third-order valence-corrected chi connectivity index (χ3v) is 4.70. The number of methoxy groups -OCH3 is 1. The van der Waals surface area contributed by atoms with E-state index in [4.69, 9.17) is 4.74 Å². The van der Waals surface area contributed by atoms with Gasteiger partial charge in [0.05, 0.1) is 12.7 Å². The van der Waals surface area contributed by atoms with Crippen LogP contribution in [0.2, 0.25) is 0 Å². The van der Waals surface area contributed by atoms with E-state index in [-0.39, 0.29) is 18.4 Å². The highest BCUT2D eigenvalue weighted by Crippen LogP contribution is 2.25. The Bertz CT molecular complexity index is 1000. The van der Waals surface area contributed by atoms with Crippen LogP contribution >= 0.6 is 0 Å². The van der Waals surface area contributed by atoms with Crippen LogP contribution in [-0.2, 0) is 4.79 Å². The minimum absolute atomic E-state index is 0.0147. The maximum atomic E-state index is 13.1. The molecule has 142 valence electrons. The lowest BCUT2D eigenvalue weighted by Gasteiger charge is -2.34. The number of aromatic amines is 1. The van der Waals surface area contributed by atoms with Crippen molar-refractivity contribution in [3.05, 3.63) is 60.4 Å². The van der Waals surface area contributed by atoms with Gasteiger partial charge in [0.15, 0.2) is 5.82 Å².